The molecule has 0 radical (unpaired) electrons. The fraction of sp³-hybridized carbons (Fsp3) is 0.467. The highest BCUT2D eigenvalue weighted by Gasteiger charge is 2.27. The topological polar surface area (TPSA) is 33.4 Å². The number of furan rings is 1. The third-order valence-electron chi connectivity index (χ3n) is 3.29. The first-order chi connectivity index (χ1) is 8.54. The minimum absolute atomic E-state index is 0.586. The number of hydrogen-bond donors (Lipinski definition) is 1. The van der Waals surface area contributed by atoms with E-state index in [9.17, 15) is 5.11 Å². The van der Waals surface area contributed by atoms with Crippen LogP contribution in [0.5, 0.6) is 0 Å². The highest BCUT2D eigenvalue weighted by molar-refractivity contribution is 6.34. The number of aliphatic hydroxyl groups is 1. The van der Waals surface area contributed by atoms with Crippen LogP contribution in [0.3, 0.4) is 0 Å². The van der Waals surface area contributed by atoms with Crippen molar-refractivity contribution in [3.63, 3.8) is 0 Å². The van der Waals surface area contributed by atoms with E-state index in [1.165, 1.54) is 0 Å². The largest absolute Gasteiger partial charge is 0.456 e. The molecule has 2 nitrogen and oxygen atoms in total. The molecule has 1 unspecified atom stereocenters. The number of para-hydroxylation sites is 1. The molecule has 98 valence electrons. The van der Waals surface area contributed by atoms with Crippen molar-refractivity contribution in [2.75, 3.05) is 0 Å². The van der Waals surface area contributed by atoms with Gasteiger partial charge in [0.2, 0.25) is 0 Å². The quantitative estimate of drug-likeness (QED) is 0.783. The maximum absolute atomic E-state index is 10.5. The third kappa shape index (κ3) is 2.70. The molecule has 1 aromatic heterocycles. The first-order valence-corrected chi connectivity index (χ1v) is 6.83. The molecule has 18 heavy (non-hydrogen) atoms. The second-order valence-corrected chi connectivity index (χ2v) is 5.41. The van der Waals surface area contributed by atoms with E-state index in [1.807, 2.05) is 18.2 Å². The van der Waals surface area contributed by atoms with Crippen molar-refractivity contribution in [1.82, 2.24) is 0 Å². The molecule has 1 aromatic carbocycles. The molecule has 0 aliphatic heterocycles. The van der Waals surface area contributed by atoms with Gasteiger partial charge in [-0.05, 0) is 25.5 Å². The lowest BCUT2D eigenvalue weighted by atomic mass is 9.95. The van der Waals surface area contributed by atoms with E-state index in [0.717, 1.165) is 24.6 Å². The van der Waals surface area contributed by atoms with Crippen molar-refractivity contribution in [2.24, 2.45) is 0 Å². The molecule has 2 aromatic rings. The van der Waals surface area contributed by atoms with E-state index in [1.54, 1.807) is 13.0 Å². The fourth-order valence-electron chi connectivity index (χ4n) is 2.14. The summed E-state index contributed by atoms with van der Waals surface area (Å²) in [6.45, 7) is 3.95. The lowest BCUT2D eigenvalue weighted by Crippen LogP contribution is -2.19. The molecule has 1 N–H and O–H groups in total. The molecule has 0 spiro atoms. The molecule has 2 rings (SSSR count). The zero-order valence-electron chi connectivity index (χ0n) is 10.9. The second kappa shape index (κ2) is 5.33. The van der Waals surface area contributed by atoms with Crippen LogP contribution in [0.1, 0.15) is 45.3 Å². The minimum Gasteiger partial charge on any atom is -0.456 e. The lowest BCUT2D eigenvalue weighted by Gasteiger charge is -2.20. The van der Waals surface area contributed by atoms with Crippen LogP contribution in [0, 0.1) is 0 Å². The van der Waals surface area contributed by atoms with E-state index in [0.29, 0.717) is 22.8 Å². The summed E-state index contributed by atoms with van der Waals surface area (Å²) >= 11 is 6.07. The van der Waals surface area contributed by atoms with Gasteiger partial charge in [-0.15, -0.1) is 0 Å². The summed E-state index contributed by atoms with van der Waals surface area (Å²) < 4.78 is 5.71. The van der Waals surface area contributed by atoms with Crippen molar-refractivity contribution in [3.8, 4) is 0 Å². The van der Waals surface area contributed by atoms with Gasteiger partial charge in [-0.1, -0.05) is 49.9 Å². The monoisotopic (exact) mass is 266 g/mol. The molecule has 0 aliphatic carbocycles. The Morgan fingerprint density at radius 2 is 2.11 bits per heavy atom. The van der Waals surface area contributed by atoms with E-state index in [-0.39, 0.29) is 0 Å². The van der Waals surface area contributed by atoms with Gasteiger partial charge in [0.05, 0.1) is 5.02 Å². The normalized spacial score (nSPS) is 14.9. The SMILES string of the molecule is CCCCCC(C)(O)c1cc2cccc(Cl)c2o1. The Kier molecular flexibility index (Phi) is 3.98. The standard InChI is InChI=1S/C15H19ClO2/c1-3-4-5-9-15(2,17)13-10-11-7-6-8-12(16)14(11)18-13/h6-8,10,17H,3-5,9H2,1-2H3. The first kappa shape index (κ1) is 13.4. The molecule has 0 amide bonds. The summed E-state index contributed by atoms with van der Waals surface area (Å²) in [5, 5.41) is 12.0. The number of benzene rings is 1. The highest BCUT2D eigenvalue weighted by atomic mass is 35.5. The Balaban J connectivity index is 2.27. The number of halogens is 1. The van der Waals surface area contributed by atoms with Gasteiger partial charge in [0.15, 0.2) is 5.58 Å². The van der Waals surface area contributed by atoms with Crippen molar-refractivity contribution >= 4 is 22.6 Å². The minimum atomic E-state index is -0.919. The predicted octanol–water partition coefficient (Wildman–Crippen LogP) is 4.87. The molecule has 0 aliphatic rings. The maximum Gasteiger partial charge on any atom is 0.153 e. The van der Waals surface area contributed by atoms with Gasteiger partial charge in [0.1, 0.15) is 11.4 Å². The average Bonchev–Trinajstić information content (AvgIpc) is 2.75. The Bertz CT molecular complexity index is 528. The van der Waals surface area contributed by atoms with Gasteiger partial charge >= 0.3 is 0 Å². The Hall–Kier alpha value is -0.990. The number of rotatable bonds is 5. The van der Waals surface area contributed by atoms with Crippen LogP contribution in [0.25, 0.3) is 11.0 Å². The van der Waals surface area contributed by atoms with Crippen LogP contribution in [0.2, 0.25) is 5.02 Å². The van der Waals surface area contributed by atoms with Crippen molar-refractivity contribution in [3.05, 3.63) is 35.0 Å². The summed E-state index contributed by atoms with van der Waals surface area (Å²) in [4.78, 5) is 0. The molecule has 0 saturated carbocycles. The number of fused-ring (bicyclic) bond motifs is 1. The zero-order valence-corrected chi connectivity index (χ0v) is 11.6. The van der Waals surface area contributed by atoms with Gasteiger partial charge in [-0.3, -0.25) is 0 Å². The van der Waals surface area contributed by atoms with E-state index in [4.69, 9.17) is 16.0 Å². The predicted molar refractivity (Wildman–Crippen MR) is 74.9 cm³/mol. The Morgan fingerprint density at radius 3 is 2.78 bits per heavy atom. The lowest BCUT2D eigenvalue weighted by molar-refractivity contribution is 0.0243. The highest BCUT2D eigenvalue weighted by Crippen LogP contribution is 2.34. The molecular formula is C15H19ClO2. The fourth-order valence-corrected chi connectivity index (χ4v) is 2.36. The Labute approximate surface area is 113 Å². The summed E-state index contributed by atoms with van der Waals surface area (Å²) in [5.41, 5.74) is -0.262. The molecule has 1 heterocycles. The molecule has 0 fully saturated rings. The molecule has 0 saturated heterocycles. The first-order valence-electron chi connectivity index (χ1n) is 6.45. The summed E-state index contributed by atoms with van der Waals surface area (Å²) in [7, 11) is 0. The van der Waals surface area contributed by atoms with Crippen LogP contribution >= 0.6 is 11.6 Å². The van der Waals surface area contributed by atoms with Gasteiger partial charge < -0.3 is 9.52 Å². The van der Waals surface area contributed by atoms with Crippen LogP contribution in [-0.2, 0) is 5.60 Å². The van der Waals surface area contributed by atoms with E-state index < -0.39 is 5.60 Å². The Morgan fingerprint density at radius 1 is 1.33 bits per heavy atom. The van der Waals surface area contributed by atoms with Crippen molar-refractivity contribution < 1.29 is 9.52 Å². The number of hydrogen-bond acceptors (Lipinski definition) is 2. The smallest absolute Gasteiger partial charge is 0.153 e. The average molecular weight is 267 g/mol. The van der Waals surface area contributed by atoms with Crippen molar-refractivity contribution in [1.29, 1.82) is 0 Å². The van der Waals surface area contributed by atoms with E-state index >= 15 is 0 Å². The zero-order chi connectivity index (χ0) is 13.2. The molecule has 1 atom stereocenters. The van der Waals surface area contributed by atoms with Crippen molar-refractivity contribution in [2.45, 2.75) is 45.1 Å². The summed E-state index contributed by atoms with van der Waals surface area (Å²) in [5.74, 6) is 0.599. The van der Waals surface area contributed by atoms with Crippen LogP contribution in [0.15, 0.2) is 28.7 Å². The van der Waals surface area contributed by atoms with Gasteiger partial charge in [-0.2, -0.15) is 0 Å². The molecule has 3 heteroatoms. The molecular weight excluding hydrogens is 248 g/mol. The van der Waals surface area contributed by atoms with Gasteiger partial charge in [0.25, 0.3) is 0 Å². The second-order valence-electron chi connectivity index (χ2n) is 5.00. The third-order valence-corrected chi connectivity index (χ3v) is 3.59. The van der Waals surface area contributed by atoms with Crippen LogP contribution in [0.4, 0.5) is 0 Å². The summed E-state index contributed by atoms with van der Waals surface area (Å²) in [6.07, 6.45) is 3.96. The van der Waals surface area contributed by atoms with E-state index in [2.05, 4.69) is 6.92 Å². The van der Waals surface area contributed by atoms with Crippen LogP contribution < -0.4 is 0 Å². The maximum atomic E-state index is 10.5. The van der Waals surface area contributed by atoms with Gasteiger partial charge in [0, 0.05) is 5.39 Å². The molecule has 0 bridgehead atoms. The number of unbranched alkanes of at least 4 members (excludes halogenated alkanes) is 2. The van der Waals surface area contributed by atoms with Crippen LogP contribution in [-0.4, -0.2) is 5.11 Å². The summed E-state index contributed by atoms with van der Waals surface area (Å²) in [6, 6.07) is 7.50. The van der Waals surface area contributed by atoms with Gasteiger partial charge in [-0.25, -0.2) is 0 Å².